The molecule has 0 spiro atoms. The van der Waals surface area contributed by atoms with E-state index in [4.69, 9.17) is 4.74 Å². The molecule has 82 valence electrons. The third-order valence-corrected chi connectivity index (χ3v) is 2.06. The molecule has 0 aliphatic carbocycles. The highest BCUT2D eigenvalue weighted by Gasteiger charge is 2.03. The van der Waals surface area contributed by atoms with Crippen LogP contribution >= 0.6 is 0 Å². The highest BCUT2D eigenvalue weighted by Crippen LogP contribution is 2.14. The van der Waals surface area contributed by atoms with Gasteiger partial charge in [-0.25, -0.2) is 0 Å². The topological polar surface area (TPSA) is 55.0 Å². The molecule has 2 aromatic rings. The molecule has 1 heterocycles. The molecule has 0 saturated carbocycles. The zero-order valence-corrected chi connectivity index (χ0v) is 8.93. The minimum atomic E-state index is -0.211. The molecule has 0 radical (unpaired) electrons. The highest BCUT2D eigenvalue weighted by molar-refractivity contribution is 5.54. The van der Waals surface area contributed by atoms with Gasteiger partial charge in [-0.2, -0.15) is 4.98 Å². The molecule has 4 heteroatoms. The fourth-order valence-electron chi connectivity index (χ4n) is 1.39. The van der Waals surface area contributed by atoms with Crippen molar-refractivity contribution in [3.05, 3.63) is 46.8 Å². The molecule has 1 aromatic carbocycles. The van der Waals surface area contributed by atoms with Crippen molar-refractivity contribution >= 4 is 0 Å². The Kier molecular flexibility index (Phi) is 3.00. The second kappa shape index (κ2) is 4.61. The Bertz CT molecular complexity index is 520. The van der Waals surface area contributed by atoms with Crippen LogP contribution in [0.2, 0.25) is 0 Å². The lowest BCUT2D eigenvalue weighted by Crippen LogP contribution is -2.09. The zero-order valence-electron chi connectivity index (χ0n) is 8.93. The first-order chi connectivity index (χ1) is 7.79. The number of aromatic nitrogens is 2. The van der Waals surface area contributed by atoms with E-state index in [2.05, 4.69) is 9.97 Å². The van der Waals surface area contributed by atoms with E-state index in [0.717, 1.165) is 5.56 Å². The number of H-pyrrole nitrogens is 1. The molecule has 0 fully saturated rings. The number of rotatable bonds is 3. The van der Waals surface area contributed by atoms with Gasteiger partial charge in [0, 0.05) is 5.56 Å². The third-order valence-electron chi connectivity index (χ3n) is 2.06. The summed E-state index contributed by atoms with van der Waals surface area (Å²) in [5.41, 5.74) is 0.651. The second-order valence-electron chi connectivity index (χ2n) is 3.23. The molecular weight excluding hydrogens is 204 g/mol. The van der Waals surface area contributed by atoms with Crippen LogP contribution in [0.25, 0.3) is 11.4 Å². The molecule has 0 saturated heterocycles. The van der Waals surface area contributed by atoms with Crippen molar-refractivity contribution in [1.82, 2.24) is 9.97 Å². The number of benzene rings is 1. The van der Waals surface area contributed by atoms with Crippen molar-refractivity contribution in [2.75, 3.05) is 6.61 Å². The van der Waals surface area contributed by atoms with Crippen molar-refractivity contribution in [3.63, 3.8) is 0 Å². The van der Waals surface area contributed by atoms with Gasteiger partial charge in [-0.15, -0.1) is 0 Å². The molecule has 0 atom stereocenters. The van der Waals surface area contributed by atoms with Crippen molar-refractivity contribution in [3.8, 4) is 17.3 Å². The summed E-state index contributed by atoms with van der Waals surface area (Å²) >= 11 is 0. The highest BCUT2D eigenvalue weighted by atomic mass is 16.5. The molecular formula is C12H12N2O2. The summed E-state index contributed by atoms with van der Waals surface area (Å²) in [6.45, 7) is 2.34. The number of nitrogens with one attached hydrogen (secondary N) is 1. The van der Waals surface area contributed by atoms with Gasteiger partial charge < -0.3 is 9.72 Å². The molecule has 2 rings (SSSR count). The first-order valence-corrected chi connectivity index (χ1v) is 5.09. The number of hydrogen-bond donors (Lipinski definition) is 1. The van der Waals surface area contributed by atoms with Gasteiger partial charge in [0.1, 0.15) is 5.82 Å². The van der Waals surface area contributed by atoms with E-state index >= 15 is 0 Å². The molecule has 16 heavy (non-hydrogen) atoms. The molecule has 4 nitrogen and oxygen atoms in total. The standard InChI is InChI=1S/C12H12N2O2/c1-2-16-11-8-10(15)13-12(14-11)9-6-4-3-5-7-9/h3-8H,2H2,1H3,(H,13,14,15). The summed E-state index contributed by atoms with van der Waals surface area (Å²) in [7, 11) is 0. The lowest BCUT2D eigenvalue weighted by atomic mass is 10.2. The van der Waals surface area contributed by atoms with Gasteiger partial charge in [0.25, 0.3) is 5.56 Å². The monoisotopic (exact) mass is 216 g/mol. The van der Waals surface area contributed by atoms with E-state index in [1.807, 2.05) is 37.3 Å². The largest absolute Gasteiger partial charge is 0.478 e. The van der Waals surface area contributed by atoms with Crippen LogP contribution in [0.1, 0.15) is 6.92 Å². The van der Waals surface area contributed by atoms with Gasteiger partial charge in [-0.3, -0.25) is 4.79 Å². The molecule has 0 bridgehead atoms. The van der Waals surface area contributed by atoms with Gasteiger partial charge in [-0.05, 0) is 6.92 Å². The molecule has 0 amide bonds. The van der Waals surface area contributed by atoms with Crippen molar-refractivity contribution in [1.29, 1.82) is 0 Å². The minimum absolute atomic E-state index is 0.211. The summed E-state index contributed by atoms with van der Waals surface area (Å²) in [4.78, 5) is 18.3. The predicted molar refractivity (Wildman–Crippen MR) is 61.5 cm³/mol. The average Bonchev–Trinajstić information content (AvgIpc) is 2.30. The van der Waals surface area contributed by atoms with E-state index < -0.39 is 0 Å². The van der Waals surface area contributed by atoms with Crippen molar-refractivity contribution < 1.29 is 4.74 Å². The van der Waals surface area contributed by atoms with Gasteiger partial charge in [-0.1, -0.05) is 30.3 Å². The smallest absolute Gasteiger partial charge is 0.254 e. The lowest BCUT2D eigenvalue weighted by Gasteiger charge is -2.04. The van der Waals surface area contributed by atoms with Crippen LogP contribution in [0.5, 0.6) is 5.88 Å². The van der Waals surface area contributed by atoms with Crippen LogP contribution in [-0.4, -0.2) is 16.6 Å². The summed E-state index contributed by atoms with van der Waals surface area (Å²) in [6.07, 6.45) is 0. The van der Waals surface area contributed by atoms with Gasteiger partial charge >= 0.3 is 0 Å². The number of nitrogens with zero attached hydrogens (tertiary/aromatic N) is 1. The normalized spacial score (nSPS) is 10.1. The third kappa shape index (κ3) is 2.28. The van der Waals surface area contributed by atoms with Gasteiger partial charge in [0.05, 0.1) is 12.7 Å². The van der Waals surface area contributed by atoms with Crippen molar-refractivity contribution in [2.24, 2.45) is 0 Å². The predicted octanol–water partition coefficient (Wildman–Crippen LogP) is 1.84. The maximum Gasteiger partial charge on any atom is 0.254 e. The van der Waals surface area contributed by atoms with Crippen LogP contribution < -0.4 is 10.3 Å². The number of aromatic amines is 1. The number of hydrogen-bond acceptors (Lipinski definition) is 3. The summed E-state index contributed by atoms with van der Waals surface area (Å²) < 4.78 is 5.22. The maximum absolute atomic E-state index is 11.4. The Morgan fingerprint density at radius 3 is 2.75 bits per heavy atom. The Balaban J connectivity index is 2.45. The zero-order chi connectivity index (χ0) is 11.4. The van der Waals surface area contributed by atoms with E-state index in [9.17, 15) is 4.79 Å². The molecule has 1 N–H and O–H groups in total. The van der Waals surface area contributed by atoms with Gasteiger partial charge in [0.2, 0.25) is 5.88 Å². The van der Waals surface area contributed by atoms with E-state index in [-0.39, 0.29) is 5.56 Å². The number of ether oxygens (including phenoxy) is 1. The van der Waals surface area contributed by atoms with Crippen LogP contribution in [0.15, 0.2) is 41.2 Å². The maximum atomic E-state index is 11.4. The van der Waals surface area contributed by atoms with Crippen LogP contribution in [0, 0.1) is 0 Å². The summed E-state index contributed by atoms with van der Waals surface area (Å²) in [5, 5.41) is 0. The molecule has 1 aromatic heterocycles. The minimum Gasteiger partial charge on any atom is -0.478 e. The fourth-order valence-corrected chi connectivity index (χ4v) is 1.39. The van der Waals surface area contributed by atoms with E-state index in [1.165, 1.54) is 6.07 Å². The lowest BCUT2D eigenvalue weighted by molar-refractivity contribution is 0.326. The summed E-state index contributed by atoms with van der Waals surface area (Å²) in [5.74, 6) is 0.877. The van der Waals surface area contributed by atoms with Crippen LogP contribution in [-0.2, 0) is 0 Å². The van der Waals surface area contributed by atoms with Crippen LogP contribution in [0.4, 0.5) is 0 Å². The van der Waals surface area contributed by atoms with E-state index in [1.54, 1.807) is 0 Å². The molecule has 0 unspecified atom stereocenters. The molecule has 0 aliphatic rings. The summed E-state index contributed by atoms with van der Waals surface area (Å²) in [6, 6.07) is 10.8. The average molecular weight is 216 g/mol. The quantitative estimate of drug-likeness (QED) is 0.851. The Labute approximate surface area is 92.9 Å². The second-order valence-corrected chi connectivity index (χ2v) is 3.23. The Hall–Kier alpha value is -2.10. The van der Waals surface area contributed by atoms with Gasteiger partial charge in [0.15, 0.2) is 0 Å². The molecule has 0 aliphatic heterocycles. The van der Waals surface area contributed by atoms with E-state index in [0.29, 0.717) is 18.3 Å². The fraction of sp³-hybridized carbons (Fsp3) is 0.167. The van der Waals surface area contributed by atoms with Crippen LogP contribution in [0.3, 0.4) is 0 Å². The first-order valence-electron chi connectivity index (χ1n) is 5.09. The Morgan fingerprint density at radius 2 is 2.06 bits per heavy atom. The SMILES string of the molecule is CCOc1cc(=O)[nH]c(-c2ccccc2)n1. The Morgan fingerprint density at radius 1 is 1.31 bits per heavy atom. The van der Waals surface area contributed by atoms with Crippen molar-refractivity contribution in [2.45, 2.75) is 6.92 Å². The first kappa shape index (κ1) is 10.4.